The highest BCUT2D eigenvalue weighted by molar-refractivity contribution is 5.81. The molecule has 0 radical (unpaired) electrons. The normalized spacial score (nSPS) is 13.2. The zero-order valence-electron chi connectivity index (χ0n) is 17.8. The maximum Gasteiger partial charge on any atom is 0.333 e. The molecule has 2 aromatic carbocycles. The van der Waals surface area contributed by atoms with Crippen LogP contribution in [0.4, 0.5) is 5.69 Å². The van der Waals surface area contributed by atoms with E-state index >= 15 is 0 Å². The molecule has 0 saturated carbocycles. The van der Waals surface area contributed by atoms with Gasteiger partial charge in [0.05, 0.1) is 0 Å². The number of rotatable bonds is 11. The van der Waals surface area contributed by atoms with Crippen molar-refractivity contribution in [1.29, 1.82) is 0 Å². The number of hydrogen-bond donors (Lipinski definition) is 1. The number of para-hydroxylation sites is 1. The Bertz CT molecular complexity index is 707. The van der Waals surface area contributed by atoms with Crippen molar-refractivity contribution in [2.75, 3.05) is 5.32 Å². The van der Waals surface area contributed by atoms with Gasteiger partial charge in [0.2, 0.25) is 0 Å². The Morgan fingerprint density at radius 3 is 2.11 bits per heavy atom. The van der Waals surface area contributed by atoms with Crippen molar-refractivity contribution in [2.45, 2.75) is 71.9 Å². The van der Waals surface area contributed by atoms with Crippen LogP contribution >= 0.6 is 0 Å². The molecular weight excluding hydrogens is 346 g/mol. The first-order valence-electron chi connectivity index (χ1n) is 10.7. The van der Waals surface area contributed by atoms with E-state index in [0.717, 1.165) is 48.9 Å². The zero-order valence-corrected chi connectivity index (χ0v) is 17.8. The number of hydrogen-bond acceptors (Lipinski definition) is 3. The largest absolute Gasteiger partial charge is 0.460 e. The first-order valence-corrected chi connectivity index (χ1v) is 10.7. The predicted molar refractivity (Wildman–Crippen MR) is 117 cm³/mol. The molecule has 28 heavy (non-hydrogen) atoms. The Labute approximate surface area is 170 Å². The number of esters is 1. The number of carbonyl (C=O) groups is 1. The van der Waals surface area contributed by atoms with Crippen molar-refractivity contribution in [1.82, 2.24) is 0 Å². The van der Waals surface area contributed by atoms with Crippen molar-refractivity contribution in [3.63, 3.8) is 0 Å². The third-order valence-corrected chi connectivity index (χ3v) is 5.33. The molecule has 2 rings (SSSR count). The van der Waals surface area contributed by atoms with E-state index in [1.54, 1.807) is 0 Å². The van der Waals surface area contributed by atoms with E-state index < -0.39 is 6.04 Å². The third kappa shape index (κ3) is 6.12. The van der Waals surface area contributed by atoms with Crippen molar-refractivity contribution < 1.29 is 9.53 Å². The van der Waals surface area contributed by atoms with Crippen LogP contribution in [-0.4, -0.2) is 12.1 Å². The first-order chi connectivity index (χ1) is 13.6. The molecule has 0 aliphatic rings. The van der Waals surface area contributed by atoms with Gasteiger partial charge >= 0.3 is 5.97 Å². The number of benzene rings is 2. The van der Waals surface area contributed by atoms with Gasteiger partial charge in [-0.05, 0) is 49.3 Å². The highest BCUT2D eigenvalue weighted by atomic mass is 16.5. The lowest BCUT2D eigenvalue weighted by Crippen LogP contribution is -2.32. The van der Waals surface area contributed by atoms with Crippen molar-refractivity contribution in [2.24, 2.45) is 5.92 Å². The van der Waals surface area contributed by atoms with E-state index in [9.17, 15) is 4.79 Å². The summed E-state index contributed by atoms with van der Waals surface area (Å²) in [6, 6.07) is 17.4. The molecule has 0 spiro atoms. The van der Waals surface area contributed by atoms with E-state index in [-0.39, 0.29) is 12.1 Å². The Kier molecular flexibility index (Phi) is 9.06. The summed E-state index contributed by atoms with van der Waals surface area (Å²) in [4.78, 5) is 13.3. The van der Waals surface area contributed by atoms with Gasteiger partial charge in [0.25, 0.3) is 0 Å². The minimum Gasteiger partial charge on any atom is -0.460 e. The van der Waals surface area contributed by atoms with Gasteiger partial charge in [0.15, 0.2) is 6.04 Å². The second kappa shape index (κ2) is 11.5. The number of nitrogens with one attached hydrogen (secondary N) is 1. The highest BCUT2D eigenvalue weighted by Crippen LogP contribution is 2.27. The van der Waals surface area contributed by atoms with E-state index in [4.69, 9.17) is 4.74 Å². The topological polar surface area (TPSA) is 38.3 Å². The minimum absolute atomic E-state index is 0.0303. The lowest BCUT2D eigenvalue weighted by molar-refractivity contribution is -0.153. The molecule has 1 unspecified atom stereocenters. The molecule has 0 aromatic heterocycles. The summed E-state index contributed by atoms with van der Waals surface area (Å²) in [5, 5.41) is 3.42. The molecule has 0 fully saturated rings. The first kappa shape index (κ1) is 22.0. The molecule has 2 atom stereocenters. The predicted octanol–water partition coefficient (Wildman–Crippen LogP) is 6.69. The van der Waals surface area contributed by atoms with E-state index in [2.05, 4.69) is 26.1 Å². The lowest BCUT2D eigenvalue weighted by Gasteiger charge is -2.28. The average Bonchev–Trinajstić information content (AvgIpc) is 2.72. The van der Waals surface area contributed by atoms with E-state index in [1.807, 2.05) is 61.5 Å². The van der Waals surface area contributed by atoms with Crippen LogP contribution in [0.25, 0.3) is 0 Å². The van der Waals surface area contributed by atoms with Crippen LogP contribution in [0.15, 0.2) is 54.6 Å². The van der Waals surface area contributed by atoms with Gasteiger partial charge < -0.3 is 10.1 Å². The Morgan fingerprint density at radius 2 is 1.54 bits per heavy atom. The third-order valence-electron chi connectivity index (χ3n) is 5.33. The zero-order chi connectivity index (χ0) is 20.4. The van der Waals surface area contributed by atoms with Gasteiger partial charge in [-0.2, -0.15) is 0 Å². The number of anilines is 1. The van der Waals surface area contributed by atoms with Crippen LogP contribution in [0.1, 0.15) is 70.0 Å². The van der Waals surface area contributed by atoms with Gasteiger partial charge in [-0.25, -0.2) is 4.79 Å². The van der Waals surface area contributed by atoms with Crippen LogP contribution in [-0.2, 0) is 9.53 Å². The van der Waals surface area contributed by atoms with Gasteiger partial charge in [-0.3, -0.25) is 0 Å². The summed E-state index contributed by atoms with van der Waals surface area (Å²) in [6.07, 6.45) is 5.24. The quantitative estimate of drug-likeness (QED) is 0.441. The summed E-state index contributed by atoms with van der Waals surface area (Å²) in [6.45, 7) is 8.55. The summed E-state index contributed by atoms with van der Waals surface area (Å²) in [5.74, 6) is 0.234. The second-order valence-electron chi connectivity index (χ2n) is 7.52. The Morgan fingerprint density at radius 1 is 0.929 bits per heavy atom. The monoisotopic (exact) mass is 381 g/mol. The Hall–Kier alpha value is -2.29. The van der Waals surface area contributed by atoms with Crippen molar-refractivity contribution in [3.05, 3.63) is 65.7 Å². The number of ether oxygens (including phenoxy) is 1. The molecule has 1 N–H and O–H groups in total. The van der Waals surface area contributed by atoms with Gasteiger partial charge in [-0.1, -0.05) is 82.1 Å². The summed E-state index contributed by atoms with van der Waals surface area (Å²) < 4.78 is 6.09. The molecule has 2 aromatic rings. The van der Waals surface area contributed by atoms with E-state index in [0.29, 0.717) is 5.92 Å². The van der Waals surface area contributed by atoms with Crippen LogP contribution < -0.4 is 5.32 Å². The van der Waals surface area contributed by atoms with Crippen LogP contribution in [0, 0.1) is 12.8 Å². The molecule has 0 amide bonds. The maximum absolute atomic E-state index is 13.3. The van der Waals surface area contributed by atoms with Crippen LogP contribution in [0.5, 0.6) is 0 Å². The van der Waals surface area contributed by atoms with Crippen LogP contribution in [0.3, 0.4) is 0 Å². The SMILES string of the molecule is CCCC(CCC)[C@H](CC)OC(=O)C(Nc1ccccc1C)c1ccccc1. The summed E-state index contributed by atoms with van der Waals surface area (Å²) >= 11 is 0. The molecule has 152 valence electrons. The van der Waals surface area contributed by atoms with Crippen LogP contribution in [0.2, 0.25) is 0 Å². The fraction of sp³-hybridized carbons (Fsp3) is 0.480. The summed E-state index contributed by atoms with van der Waals surface area (Å²) in [7, 11) is 0. The molecule has 0 saturated heterocycles. The molecule has 3 heteroatoms. The lowest BCUT2D eigenvalue weighted by atomic mass is 9.91. The minimum atomic E-state index is -0.514. The molecular formula is C25H35NO2. The average molecular weight is 382 g/mol. The number of carbonyl (C=O) groups excluding carboxylic acids is 1. The molecule has 0 aliphatic carbocycles. The van der Waals surface area contributed by atoms with Gasteiger partial charge in [-0.15, -0.1) is 0 Å². The smallest absolute Gasteiger partial charge is 0.333 e. The molecule has 0 aliphatic heterocycles. The van der Waals surface area contributed by atoms with Gasteiger partial charge in [0.1, 0.15) is 6.10 Å². The fourth-order valence-corrected chi connectivity index (χ4v) is 3.80. The maximum atomic E-state index is 13.3. The number of aryl methyl sites for hydroxylation is 1. The summed E-state index contributed by atoms with van der Waals surface area (Å²) in [5.41, 5.74) is 2.99. The molecule has 0 heterocycles. The fourth-order valence-electron chi connectivity index (χ4n) is 3.80. The molecule has 3 nitrogen and oxygen atoms in total. The Balaban J connectivity index is 2.24. The van der Waals surface area contributed by atoms with E-state index in [1.165, 1.54) is 0 Å². The standard InChI is InChI=1S/C25H35NO2/c1-5-13-20(14-6-2)23(7-3)28-25(27)24(21-16-9-8-10-17-21)26-22-18-12-11-15-19(22)4/h8-12,15-18,20,23-24,26H,5-7,13-14H2,1-4H3/t23-,24?/m0/s1. The van der Waals surface area contributed by atoms with Crippen molar-refractivity contribution in [3.8, 4) is 0 Å². The van der Waals surface area contributed by atoms with Gasteiger partial charge in [0, 0.05) is 5.69 Å². The highest BCUT2D eigenvalue weighted by Gasteiger charge is 2.28. The molecule has 0 bridgehead atoms. The van der Waals surface area contributed by atoms with Crippen molar-refractivity contribution >= 4 is 11.7 Å². The second-order valence-corrected chi connectivity index (χ2v) is 7.52.